The number of carbonyl (C=O) groups is 2. The Morgan fingerprint density at radius 2 is 1.90 bits per heavy atom. The highest BCUT2D eigenvalue weighted by atomic mass is 16.6. The number of nitro benzene ring substituents is 1. The summed E-state index contributed by atoms with van der Waals surface area (Å²) in [7, 11) is 0. The van der Waals surface area contributed by atoms with Gasteiger partial charge in [-0.2, -0.15) is 0 Å². The lowest BCUT2D eigenvalue weighted by Gasteiger charge is -2.34. The lowest BCUT2D eigenvalue weighted by atomic mass is 9.75. The molecule has 152 valence electrons. The first kappa shape index (κ1) is 19.4. The van der Waals surface area contributed by atoms with Crippen LogP contribution in [0.4, 0.5) is 5.69 Å². The molecule has 0 radical (unpaired) electrons. The third-order valence-electron chi connectivity index (χ3n) is 6.02. The fourth-order valence-corrected chi connectivity index (χ4v) is 4.68. The van der Waals surface area contributed by atoms with Crippen LogP contribution in [0.2, 0.25) is 0 Å². The molecule has 1 heterocycles. The van der Waals surface area contributed by atoms with Crippen molar-refractivity contribution in [1.29, 1.82) is 0 Å². The second kappa shape index (κ2) is 7.81. The maximum atomic E-state index is 13.2. The number of hydrogen-bond donors (Lipinski definition) is 1. The number of ketones is 1. The molecule has 29 heavy (non-hydrogen) atoms. The first-order valence-corrected chi connectivity index (χ1v) is 10.2. The zero-order valence-corrected chi connectivity index (χ0v) is 16.4. The Hall–Kier alpha value is -2.96. The molecule has 0 spiro atoms. The second-order valence-electron chi connectivity index (χ2n) is 7.89. The van der Waals surface area contributed by atoms with Crippen molar-refractivity contribution in [2.45, 2.75) is 63.9 Å². The van der Waals surface area contributed by atoms with E-state index in [-0.39, 0.29) is 17.6 Å². The van der Waals surface area contributed by atoms with Crippen LogP contribution in [0.15, 0.2) is 46.8 Å². The summed E-state index contributed by atoms with van der Waals surface area (Å²) in [5.74, 6) is -1.34. The Balaban J connectivity index is 1.83. The van der Waals surface area contributed by atoms with Crippen LogP contribution in [0.25, 0.3) is 0 Å². The number of dihydropyridines is 1. The highest BCUT2D eigenvalue weighted by molar-refractivity contribution is 6.04. The number of Topliss-reactive ketones (excluding diaryl/α,β-unsaturated/α-hetero) is 1. The van der Waals surface area contributed by atoms with Gasteiger partial charge in [0.1, 0.15) is 6.10 Å². The average molecular weight is 396 g/mol. The molecule has 0 bridgehead atoms. The molecule has 3 aliphatic rings. The smallest absolute Gasteiger partial charge is 0.337 e. The van der Waals surface area contributed by atoms with Crippen LogP contribution in [-0.4, -0.2) is 22.8 Å². The number of nitrogens with one attached hydrogen (secondary N) is 1. The monoisotopic (exact) mass is 396 g/mol. The number of esters is 1. The minimum absolute atomic E-state index is 0.0689. The lowest BCUT2D eigenvalue weighted by molar-refractivity contribution is -0.385. The zero-order chi connectivity index (χ0) is 20.5. The summed E-state index contributed by atoms with van der Waals surface area (Å²) in [5, 5.41) is 14.9. The van der Waals surface area contributed by atoms with Gasteiger partial charge in [0.2, 0.25) is 0 Å². The van der Waals surface area contributed by atoms with Crippen molar-refractivity contribution in [3.05, 3.63) is 62.5 Å². The molecule has 4 rings (SSSR count). The topological polar surface area (TPSA) is 98.5 Å². The molecule has 7 heteroatoms. The molecule has 0 saturated heterocycles. The van der Waals surface area contributed by atoms with Gasteiger partial charge >= 0.3 is 5.97 Å². The summed E-state index contributed by atoms with van der Waals surface area (Å²) in [6.07, 6.45) is 5.35. The number of rotatable bonds is 4. The standard InChI is InChI=1S/C22H24N2O5/c1-13-19(22(26)29-14-7-2-3-8-14)20(15-9-4-5-11-17(15)24(27)28)21-16(23-13)10-6-12-18(21)25/h4-5,9,11,14,20,23H,2-3,6-8,10,12H2,1H3. The van der Waals surface area contributed by atoms with Crippen molar-refractivity contribution in [3.8, 4) is 0 Å². The first-order chi connectivity index (χ1) is 14.0. The molecule has 7 nitrogen and oxygen atoms in total. The molecule has 1 aromatic carbocycles. The highest BCUT2D eigenvalue weighted by Crippen LogP contribution is 2.45. The van der Waals surface area contributed by atoms with Crippen LogP contribution in [-0.2, 0) is 14.3 Å². The molecule has 1 unspecified atom stereocenters. The minimum atomic E-state index is -0.783. The molecule has 0 amide bonds. The van der Waals surface area contributed by atoms with Crippen LogP contribution in [0.5, 0.6) is 0 Å². The molecule has 0 aromatic heterocycles. The Morgan fingerprint density at radius 1 is 1.17 bits per heavy atom. The molecule has 1 aliphatic heterocycles. The van der Waals surface area contributed by atoms with E-state index in [2.05, 4.69) is 5.32 Å². The molecule has 1 saturated carbocycles. The number of allylic oxidation sites excluding steroid dienone is 3. The van der Waals surface area contributed by atoms with Gasteiger partial charge in [-0.3, -0.25) is 14.9 Å². The van der Waals surface area contributed by atoms with E-state index in [9.17, 15) is 19.7 Å². The summed E-state index contributed by atoms with van der Waals surface area (Å²) in [4.78, 5) is 37.3. The third kappa shape index (κ3) is 3.57. The number of para-hydroxylation sites is 1. The highest BCUT2D eigenvalue weighted by Gasteiger charge is 2.42. The van der Waals surface area contributed by atoms with Gasteiger partial charge in [0.15, 0.2) is 5.78 Å². The minimum Gasteiger partial charge on any atom is -0.459 e. The van der Waals surface area contributed by atoms with Crippen LogP contribution in [0.3, 0.4) is 0 Å². The lowest BCUT2D eigenvalue weighted by Crippen LogP contribution is -2.35. The Kier molecular flexibility index (Phi) is 5.22. The first-order valence-electron chi connectivity index (χ1n) is 10.2. The second-order valence-corrected chi connectivity index (χ2v) is 7.89. The van der Waals surface area contributed by atoms with Crippen LogP contribution < -0.4 is 5.32 Å². The van der Waals surface area contributed by atoms with Gasteiger partial charge in [-0.15, -0.1) is 0 Å². The number of benzene rings is 1. The van der Waals surface area contributed by atoms with Gasteiger partial charge < -0.3 is 10.1 Å². The summed E-state index contributed by atoms with van der Waals surface area (Å²) < 4.78 is 5.75. The maximum absolute atomic E-state index is 13.2. The normalized spacial score (nSPS) is 22.4. The van der Waals surface area contributed by atoms with Gasteiger partial charge in [-0.25, -0.2) is 4.79 Å². The number of hydrogen-bond acceptors (Lipinski definition) is 6. The summed E-state index contributed by atoms with van der Waals surface area (Å²) >= 11 is 0. The van der Waals surface area contributed by atoms with Crippen molar-refractivity contribution >= 4 is 17.4 Å². The van der Waals surface area contributed by atoms with Crippen LogP contribution >= 0.6 is 0 Å². The van der Waals surface area contributed by atoms with Crippen molar-refractivity contribution < 1.29 is 19.2 Å². The summed E-state index contributed by atoms with van der Waals surface area (Å²) in [6, 6.07) is 6.35. The number of ether oxygens (including phenoxy) is 1. The molecular weight excluding hydrogens is 372 g/mol. The summed E-state index contributed by atoms with van der Waals surface area (Å²) in [5.41, 5.74) is 2.40. The van der Waals surface area contributed by atoms with Gasteiger partial charge in [-0.1, -0.05) is 18.2 Å². The van der Waals surface area contributed by atoms with Crippen molar-refractivity contribution in [1.82, 2.24) is 5.32 Å². The van der Waals surface area contributed by atoms with E-state index in [1.807, 2.05) is 0 Å². The molecule has 1 N–H and O–H groups in total. The largest absolute Gasteiger partial charge is 0.459 e. The van der Waals surface area contributed by atoms with E-state index in [4.69, 9.17) is 4.74 Å². The van der Waals surface area contributed by atoms with E-state index >= 15 is 0 Å². The molecule has 1 atom stereocenters. The van der Waals surface area contributed by atoms with E-state index in [1.165, 1.54) is 6.07 Å². The third-order valence-corrected chi connectivity index (χ3v) is 6.02. The fourth-order valence-electron chi connectivity index (χ4n) is 4.68. The SMILES string of the molecule is CC1=C(C(=O)OC2CCCC2)C(c2ccccc2[N+](=O)[O-])C2=C(CCCC2=O)N1. The fraction of sp³-hybridized carbons (Fsp3) is 0.455. The molecule has 2 aliphatic carbocycles. The van der Waals surface area contributed by atoms with Crippen molar-refractivity contribution in [2.24, 2.45) is 0 Å². The zero-order valence-electron chi connectivity index (χ0n) is 16.4. The maximum Gasteiger partial charge on any atom is 0.337 e. The Morgan fingerprint density at radius 3 is 2.62 bits per heavy atom. The van der Waals surface area contributed by atoms with Crippen molar-refractivity contribution in [3.63, 3.8) is 0 Å². The average Bonchev–Trinajstić information content (AvgIpc) is 3.20. The van der Waals surface area contributed by atoms with E-state index in [0.717, 1.165) is 37.8 Å². The quantitative estimate of drug-likeness (QED) is 0.468. The number of carbonyl (C=O) groups excluding carboxylic acids is 2. The van der Waals surface area contributed by atoms with Gasteiger partial charge in [0, 0.05) is 35.0 Å². The predicted molar refractivity (Wildman–Crippen MR) is 106 cm³/mol. The van der Waals surface area contributed by atoms with Crippen LogP contribution in [0.1, 0.15) is 63.4 Å². The molecule has 1 aromatic rings. The van der Waals surface area contributed by atoms with Gasteiger partial charge in [-0.05, 0) is 45.4 Å². The molecular formula is C22H24N2O5. The van der Waals surface area contributed by atoms with Crippen molar-refractivity contribution in [2.75, 3.05) is 0 Å². The van der Waals surface area contributed by atoms with E-state index < -0.39 is 16.8 Å². The predicted octanol–water partition coefficient (Wildman–Crippen LogP) is 4.05. The van der Waals surface area contributed by atoms with E-state index in [1.54, 1.807) is 25.1 Å². The summed E-state index contributed by atoms with van der Waals surface area (Å²) in [6.45, 7) is 1.77. The Labute approximate surface area is 169 Å². The van der Waals surface area contributed by atoms with Gasteiger partial charge in [0.05, 0.1) is 16.4 Å². The van der Waals surface area contributed by atoms with Crippen LogP contribution in [0, 0.1) is 10.1 Å². The Bertz CT molecular complexity index is 940. The number of nitrogens with zero attached hydrogens (tertiary/aromatic N) is 1. The van der Waals surface area contributed by atoms with E-state index in [0.29, 0.717) is 35.2 Å². The van der Waals surface area contributed by atoms with Gasteiger partial charge in [0.25, 0.3) is 5.69 Å². The molecule has 1 fully saturated rings. The number of nitro groups is 1.